The predicted octanol–water partition coefficient (Wildman–Crippen LogP) is 3.93. The van der Waals surface area contributed by atoms with Gasteiger partial charge in [0.2, 0.25) is 5.82 Å². The van der Waals surface area contributed by atoms with Gasteiger partial charge < -0.3 is 9.84 Å². The number of carbonyl (C=O) groups is 1. The fourth-order valence-electron chi connectivity index (χ4n) is 3.49. The minimum absolute atomic E-state index is 0.0379. The molecule has 0 spiro atoms. The van der Waals surface area contributed by atoms with E-state index in [1.54, 1.807) is 7.11 Å². The molecule has 0 fully saturated rings. The van der Waals surface area contributed by atoms with E-state index in [0.29, 0.717) is 0 Å². The number of aromatic nitrogens is 2. The third-order valence-corrected chi connectivity index (χ3v) is 5.38. The molecular formula is C22H24N2O3. The fraction of sp³-hybridized carbons (Fsp3) is 0.409. The van der Waals surface area contributed by atoms with Crippen LogP contribution in [0.25, 0.3) is 0 Å². The molecule has 5 nitrogen and oxygen atoms in total. The van der Waals surface area contributed by atoms with Crippen molar-refractivity contribution in [1.82, 2.24) is 9.97 Å². The monoisotopic (exact) mass is 364 g/mol. The minimum atomic E-state index is -1.06. The third-order valence-electron chi connectivity index (χ3n) is 5.38. The standard InChI is InChI=1S/C22H24N2O3/c1-21(2)8-9-22(3,4)17-11-18(27-5)14(10-16(17)21)6-7-19-23-12-15(13-24-19)20(25)26/h10-13H,8-9H2,1-5H3,(H,25,26). The van der Waals surface area contributed by atoms with Crippen LogP contribution in [0, 0.1) is 11.8 Å². The summed E-state index contributed by atoms with van der Waals surface area (Å²) < 4.78 is 5.59. The fourth-order valence-corrected chi connectivity index (χ4v) is 3.49. The van der Waals surface area contributed by atoms with Crippen LogP contribution in [0.4, 0.5) is 0 Å². The first-order valence-electron chi connectivity index (χ1n) is 8.94. The van der Waals surface area contributed by atoms with Gasteiger partial charge in [-0.15, -0.1) is 0 Å². The van der Waals surface area contributed by atoms with Crippen molar-refractivity contribution in [2.45, 2.75) is 51.4 Å². The van der Waals surface area contributed by atoms with Crippen LogP contribution in [-0.2, 0) is 10.8 Å². The van der Waals surface area contributed by atoms with Gasteiger partial charge in [-0.05, 0) is 52.9 Å². The molecule has 0 aliphatic heterocycles. The number of carboxylic acid groups (broad SMARTS) is 1. The van der Waals surface area contributed by atoms with E-state index in [1.807, 2.05) is 0 Å². The Bertz CT molecular complexity index is 948. The second-order valence-corrected chi connectivity index (χ2v) is 8.22. The molecule has 1 N–H and O–H groups in total. The molecule has 1 aromatic heterocycles. The molecule has 5 heteroatoms. The molecule has 0 atom stereocenters. The maximum absolute atomic E-state index is 10.9. The largest absolute Gasteiger partial charge is 0.495 e. The van der Waals surface area contributed by atoms with Gasteiger partial charge in [-0.1, -0.05) is 33.6 Å². The molecule has 2 aromatic rings. The van der Waals surface area contributed by atoms with E-state index in [4.69, 9.17) is 9.84 Å². The highest BCUT2D eigenvalue weighted by molar-refractivity contribution is 5.86. The average Bonchev–Trinajstić information content (AvgIpc) is 2.63. The highest BCUT2D eigenvalue weighted by Gasteiger charge is 2.37. The second-order valence-electron chi connectivity index (χ2n) is 8.22. The summed E-state index contributed by atoms with van der Waals surface area (Å²) in [5.74, 6) is 5.96. The molecular weight excluding hydrogens is 340 g/mol. The zero-order valence-electron chi connectivity index (χ0n) is 16.4. The summed E-state index contributed by atoms with van der Waals surface area (Å²) in [6.45, 7) is 9.06. The molecule has 0 amide bonds. The molecule has 1 heterocycles. The Morgan fingerprint density at radius 1 is 1.04 bits per heavy atom. The lowest BCUT2D eigenvalue weighted by molar-refractivity contribution is 0.0696. The third kappa shape index (κ3) is 3.66. The van der Waals surface area contributed by atoms with Crippen molar-refractivity contribution in [2.75, 3.05) is 7.11 Å². The predicted molar refractivity (Wildman–Crippen MR) is 103 cm³/mol. The van der Waals surface area contributed by atoms with Gasteiger partial charge in [0.1, 0.15) is 5.75 Å². The second kappa shape index (κ2) is 6.70. The number of nitrogens with zero attached hydrogens (tertiary/aromatic N) is 2. The van der Waals surface area contributed by atoms with Crippen molar-refractivity contribution in [3.8, 4) is 17.6 Å². The quantitative estimate of drug-likeness (QED) is 0.818. The Balaban J connectivity index is 2.06. The van der Waals surface area contributed by atoms with Crippen LogP contribution in [0.1, 0.15) is 73.4 Å². The lowest BCUT2D eigenvalue weighted by atomic mass is 9.63. The summed E-state index contributed by atoms with van der Waals surface area (Å²) in [6.07, 6.45) is 4.76. The van der Waals surface area contributed by atoms with Crippen molar-refractivity contribution in [1.29, 1.82) is 0 Å². The molecule has 0 saturated carbocycles. The van der Waals surface area contributed by atoms with Gasteiger partial charge in [-0.25, -0.2) is 14.8 Å². The Morgan fingerprint density at radius 2 is 1.59 bits per heavy atom. The minimum Gasteiger partial charge on any atom is -0.495 e. The van der Waals surface area contributed by atoms with E-state index in [-0.39, 0.29) is 22.2 Å². The lowest BCUT2D eigenvalue weighted by Gasteiger charge is -2.42. The SMILES string of the molecule is COc1cc2c(cc1C#Cc1ncc(C(=O)O)cn1)C(C)(C)CCC2(C)C. The van der Waals surface area contributed by atoms with Crippen LogP contribution in [0.15, 0.2) is 24.5 Å². The summed E-state index contributed by atoms with van der Waals surface area (Å²) in [5, 5.41) is 8.92. The molecule has 0 bridgehead atoms. The maximum Gasteiger partial charge on any atom is 0.338 e. The zero-order valence-corrected chi connectivity index (χ0v) is 16.4. The number of ether oxygens (including phenoxy) is 1. The average molecular weight is 364 g/mol. The summed E-state index contributed by atoms with van der Waals surface area (Å²) in [7, 11) is 1.64. The Kier molecular flexibility index (Phi) is 4.69. The number of fused-ring (bicyclic) bond motifs is 1. The lowest BCUT2D eigenvalue weighted by Crippen LogP contribution is -2.34. The van der Waals surface area contributed by atoms with Gasteiger partial charge >= 0.3 is 5.97 Å². The van der Waals surface area contributed by atoms with Gasteiger partial charge in [0, 0.05) is 12.4 Å². The number of carboxylic acids is 1. The van der Waals surface area contributed by atoms with Crippen molar-refractivity contribution >= 4 is 5.97 Å². The first-order valence-corrected chi connectivity index (χ1v) is 8.94. The molecule has 1 aromatic carbocycles. The van der Waals surface area contributed by atoms with E-state index >= 15 is 0 Å². The zero-order chi connectivity index (χ0) is 19.8. The van der Waals surface area contributed by atoms with E-state index in [2.05, 4.69) is 61.6 Å². The topological polar surface area (TPSA) is 72.3 Å². The van der Waals surface area contributed by atoms with Gasteiger partial charge in [0.05, 0.1) is 18.2 Å². The molecule has 1 aliphatic rings. The number of aromatic carboxylic acids is 1. The molecule has 3 rings (SSSR count). The molecule has 0 unspecified atom stereocenters. The van der Waals surface area contributed by atoms with Crippen LogP contribution in [0.5, 0.6) is 5.75 Å². The summed E-state index contributed by atoms with van der Waals surface area (Å²) in [6, 6.07) is 4.22. The van der Waals surface area contributed by atoms with Crippen LogP contribution in [-0.4, -0.2) is 28.2 Å². The van der Waals surface area contributed by atoms with Gasteiger partial charge in [-0.2, -0.15) is 0 Å². The van der Waals surface area contributed by atoms with Crippen LogP contribution in [0.2, 0.25) is 0 Å². The molecule has 27 heavy (non-hydrogen) atoms. The normalized spacial score (nSPS) is 16.6. The smallest absolute Gasteiger partial charge is 0.338 e. The van der Waals surface area contributed by atoms with Crippen molar-refractivity contribution < 1.29 is 14.6 Å². The number of methoxy groups -OCH3 is 1. The molecule has 1 aliphatic carbocycles. The molecule has 140 valence electrons. The highest BCUT2D eigenvalue weighted by Crippen LogP contribution is 2.47. The first kappa shape index (κ1) is 18.9. The van der Waals surface area contributed by atoms with Gasteiger partial charge in [-0.3, -0.25) is 0 Å². The van der Waals surface area contributed by atoms with E-state index in [0.717, 1.165) is 24.2 Å². The summed E-state index contributed by atoms with van der Waals surface area (Å²) >= 11 is 0. The van der Waals surface area contributed by atoms with Crippen molar-refractivity contribution in [3.63, 3.8) is 0 Å². The van der Waals surface area contributed by atoms with E-state index in [1.165, 1.54) is 23.5 Å². The highest BCUT2D eigenvalue weighted by atomic mass is 16.5. The molecule has 0 saturated heterocycles. The van der Waals surface area contributed by atoms with Crippen LogP contribution >= 0.6 is 0 Å². The van der Waals surface area contributed by atoms with Crippen LogP contribution < -0.4 is 4.74 Å². The van der Waals surface area contributed by atoms with Crippen molar-refractivity contribution in [3.05, 3.63) is 52.6 Å². The Hall–Kier alpha value is -2.87. The van der Waals surface area contributed by atoms with E-state index < -0.39 is 5.97 Å². The van der Waals surface area contributed by atoms with E-state index in [9.17, 15) is 4.79 Å². The Labute approximate surface area is 159 Å². The summed E-state index contributed by atoms with van der Waals surface area (Å²) in [4.78, 5) is 18.9. The van der Waals surface area contributed by atoms with Gasteiger partial charge in [0.15, 0.2) is 0 Å². The number of hydrogen-bond acceptors (Lipinski definition) is 4. The molecule has 0 radical (unpaired) electrons. The maximum atomic E-state index is 10.9. The Morgan fingerprint density at radius 3 is 2.11 bits per heavy atom. The number of benzene rings is 1. The van der Waals surface area contributed by atoms with Crippen molar-refractivity contribution in [2.24, 2.45) is 0 Å². The number of rotatable bonds is 2. The van der Waals surface area contributed by atoms with Gasteiger partial charge in [0.25, 0.3) is 0 Å². The summed E-state index contributed by atoms with van der Waals surface area (Å²) in [5.41, 5.74) is 3.60. The van der Waals surface area contributed by atoms with Crippen LogP contribution in [0.3, 0.4) is 0 Å². The first-order chi connectivity index (χ1) is 12.6. The number of hydrogen-bond donors (Lipinski definition) is 1.